The average Bonchev–Trinajstić information content (AvgIpc) is 2.87. The number of nitrogens with one attached hydrogen (secondary N) is 1. The van der Waals surface area contributed by atoms with Gasteiger partial charge in [-0.3, -0.25) is 4.79 Å². The van der Waals surface area contributed by atoms with E-state index in [1.807, 2.05) is 0 Å². The minimum absolute atomic E-state index is 0. The highest BCUT2D eigenvalue weighted by molar-refractivity contribution is 5.85. The Kier molecular flexibility index (Phi) is 7.30. The molecule has 0 aliphatic heterocycles. The maximum Gasteiger partial charge on any atom is 0.223 e. The summed E-state index contributed by atoms with van der Waals surface area (Å²) in [6.07, 6.45) is 3.33. The zero-order chi connectivity index (χ0) is 15.4. The zero-order valence-corrected chi connectivity index (χ0v) is 14.0. The van der Waals surface area contributed by atoms with Gasteiger partial charge >= 0.3 is 0 Å². The van der Waals surface area contributed by atoms with Crippen molar-refractivity contribution in [2.75, 3.05) is 0 Å². The van der Waals surface area contributed by atoms with Crippen molar-refractivity contribution in [1.29, 1.82) is 0 Å². The molecule has 0 heterocycles. The highest BCUT2D eigenvalue weighted by atomic mass is 35.5. The fourth-order valence-electron chi connectivity index (χ4n) is 2.88. The van der Waals surface area contributed by atoms with Crippen molar-refractivity contribution in [3.8, 4) is 0 Å². The van der Waals surface area contributed by atoms with Crippen LogP contribution in [-0.4, -0.2) is 18.0 Å². The highest BCUT2D eigenvalue weighted by Gasteiger charge is 2.29. The van der Waals surface area contributed by atoms with Crippen molar-refractivity contribution in [2.24, 2.45) is 17.6 Å². The highest BCUT2D eigenvalue weighted by Crippen LogP contribution is 2.24. The smallest absolute Gasteiger partial charge is 0.223 e. The number of amides is 1. The van der Waals surface area contributed by atoms with Gasteiger partial charge in [0.1, 0.15) is 5.82 Å². The lowest BCUT2D eigenvalue weighted by molar-refractivity contribution is -0.125. The second-order valence-corrected chi connectivity index (χ2v) is 6.46. The number of halogens is 2. The van der Waals surface area contributed by atoms with Gasteiger partial charge in [0.15, 0.2) is 0 Å². The van der Waals surface area contributed by atoms with Crippen molar-refractivity contribution in [3.05, 3.63) is 35.6 Å². The van der Waals surface area contributed by atoms with Gasteiger partial charge in [-0.1, -0.05) is 26.0 Å². The molecule has 3 unspecified atom stereocenters. The zero-order valence-electron chi connectivity index (χ0n) is 13.2. The van der Waals surface area contributed by atoms with Crippen LogP contribution in [0.3, 0.4) is 0 Å². The third kappa shape index (κ3) is 5.25. The number of carbonyl (C=O) groups excluding carboxylic acids is 1. The van der Waals surface area contributed by atoms with Crippen LogP contribution in [0.25, 0.3) is 0 Å². The number of rotatable bonds is 5. The molecule has 1 aliphatic rings. The van der Waals surface area contributed by atoms with Crippen molar-refractivity contribution in [2.45, 2.75) is 51.6 Å². The van der Waals surface area contributed by atoms with Crippen LogP contribution in [0.15, 0.2) is 24.3 Å². The Morgan fingerprint density at radius 3 is 2.45 bits per heavy atom. The van der Waals surface area contributed by atoms with Gasteiger partial charge in [-0.2, -0.15) is 0 Å². The Morgan fingerprint density at radius 2 is 1.95 bits per heavy atom. The molecule has 0 saturated heterocycles. The van der Waals surface area contributed by atoms with Crippen LogP contribution in [0, 0.1) is 17.7 Å². The molecule has 3 N–H and O–H groups in total. The minimum atomic E-state index is -0.233. The van der Waals surface area contributed by atoms with E-state index >= 15 is 0 Å². The molecule has 0 aromatic heterocycles. The Balaban J connectivity index is 0.00000242. The van der Waals surface area contributed by atoms with E-state index in [0.29, 0.717) is 5.92 Å². The first kappa shape index (κ1) is 18.9. The van der Waals surface area contributed by atoms with E-state index in [4.69, 9.17) is 5.73 Å². The van der Waals surface area contributed by atoms with Gasteiger partial charge in [-0.25, -0.2) is 4.39 Å². The molecule has 22 heavy (non-hydrogen) atoms. The molecule has 2 rings (SSSR count). The van der Waals surface area contributed by atoms with Crippen molar-refractivity contribution in [1.82, 2.24) is 5.32 Å². The van der Waals surface area contributed by atoms with Gasteiger partial charge in [0, 0.05) is 18.0 Å². The van der Waals surface area contributed by atoms with Crippen LogP contribution in [0.4, 0.5) is 4.39 Å². The van der Waals surface area contributed by atoms with E-state index in [-0.39, 0.29) is 42.1 Å². The van der Waals surface area contributed by atoms with Crippen LogP contribution in [-0.2, 0) is 11.2 Å². The fourth-order valence-corrected chi connectivity index (χ4v) is 2.88. The summed E-state index contributed by atoms with van der Waals surface area (Å²) < 4.78 is 13.0. The Hall–Kier alpha value is -1.13. The fraction of sp³-hybridized carbons (Fsp3) is 0.588. The molecule has 1 aliphatic carbocycles. The molecule has 1 amide bonds. The number of hydrogen-bond acceptors (Lipinski definition) is 2. The number of hydrogen-bond donors (Lipinski definition) is 2. The summed E-state index contributed by atoms with van der Waals surface area (Å²) in [6, 6.07) is 6.72. The molecule has 0 spiro atoms. The van der Waals surface area contributed by atoms with E-state index in [0.717, 1.165) is 31.2 Å². The lowest BCUT2D eigenvalue weighted by Crippen LogP contribution is -2.43. The van der Waals surface area contributed by atoms with Crippen molar-refractivity contribution < 1.29 is 9.18 Å². The lowest BCUT2D eigenvalue weighted by Gasteiger charge is -2.24. The van der Waals surface area contributed by atoms with E-state index in [1.165, 1.54) is 12.1 Å². The molecule has 0 bridgehead atoms. The summed E-state index contributed by atoms with van der Waals surface area (Å²) >= 11 is 0. The molecule has 1 fully saturated rings. The molecule has 1 aromatic rings. The molecule has 3 atom stereocenters. The number of nitrogens with two attached hydrogens (primary N) is 1. The van der Waals surface area contributed by atoms with Crippen LogP contribution in [0.5, 0.6) is 0 Å². The third-order valence-electron chi connectivity index (χ3n) is 4.35. The minimum Gasteiger partial charge on any atom is -0.353 e. The molecule has 1 aromatic carbocycles. The maximum atomic E-state index is 13.0. The van der Waals surface area contributed by atoms with Crippen LogP contribution < -0.4 is 11.1 Å². The Bertz CT molecular complexity index is 478. The molecule has 0 radical (unpaired) electrons. The molecule has 5 heteroatoms. The predicted molar refractivity (Wildman–Crippen MR) is 89.4 cm³/mol. The van der Waals surface area contributed by atoms with Gasteiger partial charge < -0.3 is 11.1 Å². The van der Waals surface area contributed by atoms with Gasteiger partial charge in [0.05, 0.1) is 0 Å². The van der Waals surface area contributed by atoms with Crippen LogP contribution in [0.2, 0.25) is 0 Å². The summed E-state index contributed by atoms with van der Waals surface area (Å²) in [5.41, 5.74) is 6.92. The van der Waals surface area contributed by atoms with Crippen molar-refractivity contribution in [3.63, 3.8) is 0 Å². The van der Waals surface area contributed by atoms with Crippen LogP contribution >= 0.6 is 12.4 Å². The first-order chi connectivity index (χ1) is 9.95. The standard InChI is InChI=1S/C17H25FN2O.ClH/c1-11(2)16(9-12-3-6-14(18)7-4-12)20-17(21)13-5-8-15(19)10-13;/h3-4,6-7,11,13,15-16H,5,8-10,19H2,1-2H3,(H,20,21);1H. The third-order valence-corrected chi connectivity index (χ3v) is 4.35. The number of carbonyl (C=O) groups is 1. The van der Waals surface area contributed by atoms with Gasteiger partial charge in [0.25, 0.3) is 0 Å². The van der Waals surface area contributed by atoms with Crippen molar-refractivity contribution >= 4 is 18.3 Å². The van der Waals surface area contributed by atoms with E-state index in [1.54, 1.807) is 12.1 Å². The van der Waals surface area contributed by atoms with E-state index in [9.17, 15) is 9.18 Å². The summed E-state index contributed by atoms with van der Waals surface area (Å²) in [4.78, 5) is 12.3. The van der Waals surface area contributed by atoms with Crippen LogP contribution in [0.1, 0.15) is 38.7 Å². The SMILES string of the molecule is CC(C)C(Cc1ccc(F)cc1)NC(=O)C1CCC(N)C1.Cl. The normalized spacial score (nSPS) is 22.2. The summed E-state index contributed by atoms with van der Waals surface area (Å²) in [5, 5.41) is 3.15. The first-order valence-electron chi connectivity index (χ1n) is 7.76. The van der Waals surface area contributed by atoms with Gasteiger partial charge in [-0.05, 0) is 49.3 Å². The molecule has 3 nitrogen and oxygen atoms in total. The van der Waals surface area contributed by atoms with E-state index in [2.05, 4.69) is 19.2 Å². The molecular formula is C17H26ClFN2O. The Morgan fingerprint density at radius 1 is 1.32 bits per heavy atom. The molecule has 124 valence electrons. The maximum absolute atomic E-state index is 13.0. The Labute approximate surface area is 138 Å². The second-order valence-electron chi connectivity index (χ2n) is 6.46. The number of benzene rings is 1. The largest absolute Gasteiger partial charge is 0.353 e. The van der Waals surface area contributed by atoms with Gasteiger partial charge in [0.2, 0.25) is 5.91 Å². The summed E-state index contributed by atoms with van der Waals surface area (Å²) in [7, 11) is 0. The molecule has 1 saturated carbocycles. The monoisotopic (exact) mass is 328 g/mol. The predicted octanol–water partition coefficient (Wildman–Crippen LogP) is 3.06. The molecular weight excluding hydrogens is 303 g/mol. The second kappa shape index (κ2) is 8.49. The first-order valence-corrected chi connectivity index (χ1v) is 7.76. The topological polar surface area (TPSA) is 55.1 Å². The van der Waals surface area contributed by atoms with E-state index < -0.39 is 0 Å². The summed E-state index contributed by atoms with van der Waals surface area (Å²) in [5.74, 6) is 0.260. The summed E-state index contributed by atoms with van der Waals surface area (Å²) in [6.45, 7) is 4.18. The van der Waals surface area contributed by atoms with Gasteiger partial charge in [-0.15, -0.1) is 12.4 Å². The lowest BCUT2D eigenvalue weighted by atomic mass is 9.95. The quantitative estimate of drug-likeness (QED) is 0.872. The average molecular weight is 329 g/mol.